The molecule has 0 fully saturated rings. The van der Waals surface area contributed by atoms with Gasteiger partial charge >= 0.3 is 0 Å². The molecule has 0 amide bonds. The molecular weight excluding hydrogens is 180 g/mol. The van der Waals surface area contributed by atoms with E-state index in [4.69, 9.17) is 0 Å². The van der Waals surface area contributed by atoms with Crippen LogP contribution in [0.2, 0.25) is 0 Å². The quantitative estimate of drug-likeness (QED) is 0.387. The summed E-state index contributed by atoms with van der Waals surface area (Å²) >= 11 is 0. The highest BCUT2D eigenvalue weighted by Crippen LogP contribution is 2.33. The predicted octanol–water partition coefficient (Wildman–Crippen LogP) is 1.72. The Kier molecular flexibility index (Phi) is 1.82. The lowest BCUT2D eigenvalue weighted by Crippen LogP contribution is -2.37. The van der Waals surface area contributed by atoms with Gasteiger partial charge in [-0.15, -0.1) is 0 Å². The topological polar surface area (TPSA) is 43.1 Å². The fourth-order valence-corrected chi connectivity index (χ4v) is 2.00. The molecule has 2 rings (SSSR count). The first-order valence-corrected chi connectivity index (χ1v) is 4.61. The van der Waals surface area contributed by atoms with Crippen molar-refractivity contribution in [1.82, 2.24) is 4.48 Å². The molecule has 0 atom stereocenters. The first-order chi connectivity index (χ1) is 6.50. The Bertz CT molecular complexity index is 399. The molecule has 4 nitrogen and oxygen atoms in total. The second-order valence-electron chi connectivity index (χ2n) is 4.23. The Morgan fingerprint density at radius 3 is 2.79 bits per heavy atom. The molecule has 0 radical (unpaired) electrons. The predicted molar refractivity (Wildman–Crippen MR) is 55.3 cm³/mol. The maximum Gasteiger partial charge on any atom is 0.270 e. The van der Waals surface area contributed by atoms with Crippen LogP contribution in [-0.4, -0.2) is 25.6 Å². The van der Waals surface area contributed by atoms with E-state index in [0.29, 0.717) is 0 Å². The van der Waals surface area contributed by atoms with E-state index in [1.54, 1.807) is 12.1 Å². The summed E-state index contributed by atoms with van der Waals surface area (Å²) in [7, 11) is 4.25. The van der Waals surface area contributed by atoms with Crippen molar-refractivity contribution in [1.29, 1.82) is 0 Å². The van der Waals surface area contributed by atoms with Gasteiger partial charge in [-0.3, -0.25) is 14.6 Å². The van der Waals surface area contributed by atoms with E-state index in [-0.39, 0.29) is 10.6 Å². The van der Waals surface area contributed by atoms with Crippen LogP contribution < -0.4 is 4.48 Å². The SMILES string of the molecule is C[N+]1(C)CCc2cc([N+](=O)[O-])ccc21. The fraction of sp³-hybridized carbons (Fsp3) is 0.400. The maximum atomic E-state index is 10.6. The van der Waals surface area contributed by atoms with Gasteiger partial charge in [0.1, 0.15) is 5.69 Å². The average molecular weight is 193 g/mol. The van der Waals surface area contributed by atoms with E-state index >= 15 is 0 Å². The first-order valence-electron chi connectivity index (χ1n) is 4.61. The van der Waals surface area contributed by atoms with Gasteiger partial charge in [0.2, 0.25) is 0 Å². The number of non-ortho nitro benzene ring substituents is 1. The standard InChI is InChI=1S/C10H13N2O2/c1-12(2)6-5-8-7-9(11(13)14)3-4-10(8)12/h3-4,7H,5-6H2,1-2H3/q+1. The van der Waals surface area contributed by atoms with Crippen LogP contribution in [-0.2, 0) is 6.42 Å². The third-order valence-electron chi connectivity index (χ3n) is 2.87. The van der Waals surface area contributed by atoms with Gasteiger partial charge in [0.15, 0.2) is 0 Å². The summed E-state index contributed by atoms with van der Waals surface area (Å²) < 4.78 is 0.827. The molecule has 1 heterocycles. The lowest BCUT2D eigenvalue weighted by Gasteiger charge is -2.23. The molecule has 14 heavy (non-hydrogen) atoms. The third kappa shape index (κ3) is 1.28. The van der Waals surface area contributed by atoms with Crippen LogP contribution in [0.5, 0.6) is 0 Å². The summed E-state index contributed by atoms with van der Waals surface area (Å²) in [6.07, 6.45) is 0.935. The number of rotatable bonds is 1. The zero-order valence-corrected chi connectivity index (χ0v) is 8.36. The molecule has 1 aliphatic heterocycles. The Labute approximate surface area is 82.5 Å². The van der Waals surface area contributed by atoms with Crippen LogP contribution in [0, 0.1) is 10.1 Å². The lowest BCUT2D eigenvalue weighted by molar-refractivity contribution is -0.384. The number of hydrogen-bond donors (Lipinski definition) is 0. The van der Waals surface area contributed by atoms with Crippen LogP contribution >= 0.6 is 0 Å². The maximum absolute atomic E-state index is 10.6. The second kappa shape index (κ2) is 2.78. The summed E-state index contributed by atoms with van der Waals surface area (Å²) in [6.45, 7) is 1.02. The van der Waals surface area contributed by atoms with Gasteiger partial charge in [-0.25, -0.2) is 0 Å². The number of likely N-dealkylation sites (N-methyl/N-ethyl adjacent to an activating group) is 1. The Hall–Kier alpha value is -1.42. The smallest absolute Gasteiger partial charge is 0.270 e. The van der Waals surface area contributed by atoms with Gasteiger partial charge in [-0.05, 0) is 0 Å². The second-order valence-corrected chi connectivity index (χ2v) is 4.23. The molecule has 0 aromatic heterocycles. The van der Waals surface area contributed by atoms with Gasteiger partial charge in [0.05, 0.1) is 25.6 Å². The molecule has 0 saturated heterocycles. The third-order valence-corrected chi connectivity index (χ3v) is 2.87. The summed E-state index contributed by atoms with van der Waals surface area (Å²) in [4.78, 5) is 10.2. The minimum atomic E-state index is -0.335. The molecule has 1 aliphatic rings. The number of nitro benzene ring substituents is 1. The van der Waals surface area contributed by atoms with Crippen molar-refractivity contribution in [2.75, 3.05) is 20.6 Å². The van der Waals surface area contributed by atoms with E-state index in [2.05, 4.69) is 14.1 Å². The molecule has 0 spiro atoms. The molecule has 0 unspecified atom stereocenters. The first kappa shape index (κ1) is 9.15. The van der Waals surface area contributed by atoms with Crippen molar-refractivity contribution in [3.63, 3.8) is 0 Å². The number of nitro groups is 1. The average Bonchev–Trinajstić information content (AvgIpc) is 2.42. The molecular formula is C10H13N2O2+. The number of quaternary nitrogens is 1. The zero-order chi connectivity index (χ0) is 10.3. The Balaban J connectivity index is 2.49. The van der Waals surface area contributed by atoms with E-state index in [9.17, 15) is 10.1 Å². The van der Waals surface area contributed by atoms with E-state index in [1.807, 2.05) is 6.07 Å². The van der Waals surface area contributed by atoms with E-state index < -0.39 is 0 Å². The number of benzene rings is 1. The largest absolute Gasteiger partial charge is 0.295 e. The van der Waals surface area contributed by atoms with Gasteiger partial charge in [0.25, 0.3) is 5.69 Å². The molecule has 74 valence electrons. The van der Waals surface area contributed by atoms with Crippen molar-refractivity contribution >= 4 is 11.4 Å². The molecule has 0 saturated carbocycles. The fourth-order valence-electron chi connectivity index (χ4n) is 2.00. The van der Waals surface area contributed by atoms with Crippen molar-refractivity contribution < 1.29 is 4.92 Å². The van der Waals surface area contributed by atoms with E-state index in [1.165, 1.54) is 5.69 Å². The normalized spacial score (nSPS) is 17.9. The molecule has 4 heteroatoms. The Morgan fingerprint density at radius 2 is 2.14 bits per heavy atom. The lowest BCUT2D eigenvalue weighted by atomic mass is 10.1. The Morgan fingerprint density at radius 1 is 1.43 bits per heavy atom. The van der Waals surface area contributed by atoms with Crippen molar-refractivity contribution in [3.8, 4) is 0 Å². The van der Waals surface area contributed by atoms with Crippen molar-refractivity contribution in [3.05, 3.63) is 33.9 Å². The van der Waals surface area contributed by atoms with Crippen LogP contribution in [0.3, 0.4) is 0 Å². The van der Waals surface area contributed by atoms with Gasteiger partial charge in [-0.2, -0.15) is 0 Å². The van der Waals surface area contributed by atoms with E-state index in [0.717, 1.165) is 23.0 Å². The minimum absolute atomic E-state index is 0.200. The van der Waals surface area contributed by atoms with Crippen molar-refractivity contribution in [2.24, 2.45) is 0 Å². The molecule has 0 N–H and O–H groups in total. The zero-order valence-electron chi connectivity index (χ0n) is 8.36. The number of nitrogens with zero attached hydrogens (tertiary/aromatic N) is 2. The summed E-state index contributed by atoms with van der Waals surface area (Å²) in [5.41, 5.74) is 2.52. The van der Waals surface area contributed by atoms with Gasteiger partial charge in [0, 0.05) is 30.2 Å². The minimum Gasteiger partial charge on any atom is -0.295 e. The summed E-state index contributed by atoms with van der Waals surface area (Å²) in [5.74, 6) is 0. The molecule has 0 aliphatic carbocycles. The van der Waals surface area contributed by atoms with Crippen LogP contribution in [0.1, 0.15) is 5.56 Å². The molecule has 1 aromatic rings. The summed E-state index contributed by atoms with van der Waals surface area (Å²) in [5, 5.41) is 10.6. The monoisotopic (exact) mass is 193 g/mol. The summed E-state index contributed by atoms with van der Waals surface area (Å²) in [6, 6.07) is 5.16. The molecule has 0 bridgehead atoms. The van der Waals surface area contributed by atoms with Gasteiger partial charge in [-0.1, -0.05) is 0 Å². The van der Waals surface area contributed by atoms with Crippen molar-refractivity contribution in [2.45, 2.75) is 6.42 Å². The van der Waals surface area contributed by atoms with Gasteiger partial charge < -0.3 is 0 Å². The highest BCUT2D eigenvalue weighted by atomic mass is 16.6. The van der Waals surface area contributed by atoms with Crippen LogP contribution in [0.15, 0.2) is 18.2 Å². The van der Waals surface area contributed by atoms with Crippen LogP contribution in [0.4, 0.5) is 11.4 Å². The highest BCUT2D eigenvalue weighted by Gasteiger charge is 2.31. The number of fused-ring (bicyclic) bond motifs is 1. The number of hydrogen-bond acceptors (Lipinski definition) is 2. The molecule has 1 aromatic carbocycles. The van der Waals surface area contributed by atoms with Crippen LogP contribution in [0.25, 0.3) is 0 Å². The highest BCUT2D eigenvalue weighted by molar-refractivity contribution is 5.58.